The average molecular weight is 1270 g/mol. The van der Waals surface area contributed by atoms with Gasteiger partial charge in [0.15, 0.2) is 11.9 Å². The Morgan fingerprint density at radius 1 is 0.547 bits per heavy atom. The summed E-state index contributed by atoms with van der Waals surface area (Å²) in [7, 11) is 4.19. The predicted octanol–water partition coefficient (Wildman–Crippen LogP) is 6.99. The number of carbonyl (C=O) groups excluding carboxylic acids is 2. The highest BCUT2D eigenvalue weighted by atomic mass is 35.5. The van der Waals surface area contributed by atoms with Crippen LogP contribution in [0.3, 0.4) is 0 Å². The summed E-state index contributed by atoms with van der Waals surface area (Å²) in [5.74, 6) is -1.30. The van der Waals surface area contributed by atoms with Gasteiger partial charge in [0.2, 0.25) is 0 Å². The lowest BCUT2D eigenvalue weighted by atomic mass is 9.84. The lowest BCUT2D eigenvalue weighted by Crippen LogP contribution is -2.46. The van der Waals surface area contributed by atoms with E-state index < -0.39 is 23.9 Å². The maximum absolute atomic E-state index is 12.4. The van der Waals surface area contributed by atoms with Crippen molar-refractivity contribution in [2.24, 2.45) is 0 Å². The highest BCUT2D eigenvalue weighted by Crippen LogP contribution is 2.41. The van der Waals surface area contributed by atoms with E-state index in [-0.39, 0.29) is 44.6 Å². The van der Waals surface area contributed by atoms with Crippen LogP contribution in [-0.4, -0.2) is 213 Å². The summed E-state index contributed by atoms with van der Waals surface area (Å²) >= 11 is 26.0. The zero-order valence-electron chi connectivity index (χ0n) is 48.6. The Labute approximate surface area is 521 Å². The molecule has 4 heterocycles. The molecule has 4 atom stereocenters. The van der Waals surface area contributed by atoms with Gasteiger partial charge in [-0.15, -0.1) is 10.2 Å². The average Bonchev–Trinajstić information content (AvgIpc) is 1.26. The first-order chi connectivity index (χ1) is 41.8. The van der Waals surface area contributed by atoms with E-state index in [2.05, 4.69) is 74.1 Å². The number of ketones is 1. The van der Waals surface area contributed by atoms with Gasteiger partial charge < -0.3 is 63.2 Å². The second-order valence-corrected chi connectivity index (χ2v) is 22.7. The molecule has 21 nitrogen and oxygen atoms in total. The van der Waals surface area contributed by atoms with Gasteiger partial charge in [-0.25, -0.2) is 9.36 Å². The van der Waals surface area contributed by atoms with Crippen LogP contribution in [0.5, 0.6) is 0 Å². The van der Waals surface area contributed by atoms with Gasteiger partial charge in [-0.1, -0.05) is 93.2 Å². The molecule has 2 aliphatic heterocycles. The van der Waals surface area contributed by atoms with Crippen LogP contribution in [0.25, 0.3) is 22.5 Å². The summed E-state index contributed by atoms with van der Waals surface area (Å²) in [5.41, 5.74) is 10.3. The monoisotopic (exact) mass is 1270 g/mol. The van der Waals surface area contributed by atoms with Crippen molar-refractivity contribution in [1.29, 1.82) is 0 Å². The summed E-state index contributed by atoms with van der Waals surface area (Å²) in [4.78, 5) is 29.3. The molecule has 0 fully saturated rings. The highest BCUT2D eigenvalue weighted by molar-refractivity contribution is 6.35. The van der Waals surface area contributed by atoms with Crippen LogP contribution >= 0.6 is 46.4 Å². The Morgan fingerprint density at radius 2 is 0.953 bits per heavy atom. The summed E-state index contributed by atoms with van der Waals surface area (Å²) in [6, 6.07) is 24.4. The summed E-state index contributed by atoms with van der Waals surface area (Å²) in [5, 5.41) is 43.0. The van der Waals surface area contributed by atoms with Crippen molar-refractivity contribution in [2.45, 2.75) is 63.1 Å². The number of amides is 1. The fraction of sp³-hybridized carbons (Fsp3) is 0.508. The molecular weight excluding hydrogens is 1190 g/mol. The fourth-order valence-corrected chi connectivity index (χ4v) is 11.3. The molecule has 6 aromatic rings. The van der Waals surface area contributed by atoms with Crippen molar-refractivity contribution >= 4 is 58.1 Å². The first-order valence-electron chi connectivity index (χ1n) is 28.9. The Bertz CT molecular complexity index is 2880. The molecule has 0 radical (unpaired) electrons. The predicted molar refractivity (Wildman–Crippen MR) is 326 cm³/mol. The molecule has 1 amide bonds. The van der Waals surface area contributed by atoms with E-state index in [1.165, 1.54) is 0 Å². The van der Waals surface area contributed by atoms with Gasteiger partial charge in [0.05, 0.1) is 125 Å². The minimum Gasteiger partial charge on any atom is -0.382 e. The van der Waals surface area contributed by atoms with Crippen molar-refractivity contribution < 1.29 is 57.7 Å². The Kier molecular flexibility index (Phi) is 27.4. The zero-order valence-corrected chi connectivity index (χ0v) is 51.7. The first-order valence-corrected chi connectivity index (χ1v) is 30.4. The number of hydrogen-bond donors (Lipinski definition) is 3. The zero-order chi connectivity index (χ0) is 60.6. The molecule has 25 heteroatoms. The number of rotatable bonds is 38. The fourth-order valence-electron chi connectivity index (χ4n) is 10.2. The van der Waals surface area contributed by atoms with Crippen LogP contribution in [0.1, 0.15) is 58.1 Å². The van der Waals surface area contributed by atoms with Crippen molar-refractivity contribution in [3.05, 3.63) is 139 Å². The summed E-state index contributed by atoms with van der Waals surface area (Å²) in [6.45, 7) is 10.00. The molecule has 0 saturated heterocycles. The molecule has 2 aromatic heterocycles. The molecule has 0 unspecified atom stereocenters. The van der Waals surface area contributed by atoms with Gasteiger partial charge in [-0.3, -0.25) is 9.59 Å². The number of hydrogen-bond acceptors (Lipinski definition) is 18. The molecule has 3 N–H and O–H groups in total. The minimum absolute atomic E-state index is 0.0680. The van der Waals surface area contributed by atoms with Crippen LogP contribution in [0.15, 0.2) is 85.2 Å². The number of nitrogens with zero attached hydrogens (tertiary/aromatic N) is 8. The third-order valence-corrected chi connectivity index (χ3v) is 15.7. The van der Waals surface area contributed by atoms with Gasteiger partial charge in [0.25, 0.3) is 5.91 Å². The van der Waals surface area contributed by atoms with Gasteiger partial charge in [-0.05, 0) is 90.3 Å². The quantitative estimate of drug-likeness (QED) is 0.0332. The maximum Gasteiger partial charge on any atom is 0.252 e. The number of aliphatic hydroxyl groups is 2. The SMILES string of the molecule is CN1Cc2c(Cl)cc(Cl)cc2[C@H](c2cccc(-c3cn(CCOCCOCCOCCOCCCC(=O)[C@H](O)[C@@H](O)C(=O)NCCOCCOCCOCCOCCn4cc(-c5cccc([C@@H]6CN(C)Cc7c(Cl)cc(Cl)cc76)c5)nn4)nn3)c2)C1. The Hall–Kier alpha value is -5.02. The van der Waals surface area contributed by atoms with Crippen molar-refractivity contribution in [1.82, 2.24) is 45.1 Å². The summed E-state index contributed by atoms with van der Waals surface area (Å²) in [6.07, 6.45) is 0.280. The summed E-state index contributed by atoms with van der Waals surface area (Å²) < 4.78 is 48.2. The van der Waals surface area contributed by atoms with Gasteiger partial charge in [0.1, 0.15) is 17.5 Å². The van der Waals surface area contributed by atoms with E-state index in [1.807, 2.05) is 48.8 Å². The second kappa shape index (κ2) is 35.2. The lowest BCUT2D eigenvalue weighted by molar-refractivity contribution is -0.145. The van der Waals surface area contributed by atoms with Crippen LogP contribution < -0.4 is 5.32 Å². The first kappa shape index (κ1) is 66.9. The van der Waals surface area contributed by atoms with Crippen molar-refractivity contribution in [3.8, 4) is 22.5 Å². The number of carbonyl (C=O) groups is 2. The van der Waals surface area contributed by atoms with Crippen molar-refractivity contribution in [3.63, 3.8) is 0 Å². The molecule has 0 bridgehead atoms. The molecular formula is C61H77Cl4N9O12. The number of benzene rings is 4. The van der Waals surface area contributed by atoms with Gasteiger partial charge >= 0.3 is 0 Å². The normalized spacial score (nSPS) is 16.0. The number of aliphatic hydroxyl groups excluding tert-OH is 2. The number of fused-ring (bicyclic) bond motifs is 2. The van der Waals surface area contributed by atoms with E-state index in [0.717, 1.165) is 82.1 Å². The third kappa shape index (κ3) is 20.5. The third-order valence-electron chi connectivity index (χ3n) is 14.5. The molecule has 4 aromatic carbocycles. The molecule has 86 heavy (non-hydrogen) atoms. The Balaban J connectivity index is 0.556. The van der Waals surface area contributed by atoms with Gasteiger partial charge in [0, 0.05) is 88.8 Å². The van der Waals surface area contributed by atoms with Crippen LogP contribution in [-0.2, 0) is 73.7 Å². The number of nitrogens with one attached hydrogen (secondary N) is 1. The number of halogens is 4. The topological polar surface area (TPSA) is 228 Å². The minimum atomic E-state index is -1.91. The number of aromatic nitrogens is 6. The molecule has 8 rings (SSSR count). The number of ether oxygens (including phenoxy) is 8. The number of Topliss-reactive ketones (excluding diaryl/α,β-unsaturated/α-hetero) is 1. The van der Waals surface area contributed by atoms with E-state index in [9.17, 15) is 19.8 Å². The standard InChI is InChI=1S/C61H77Cl4N9O12/c1-71-36-50(48-32-46(62)34-54(64)52(48)38-71)42-6-3-8-44(30-42)56-40-73(69-67-56)12-16-81-20-24-85-28-26-83-22-18-79-14-5-10-58(75)59(76)60(77)61(78)66-11-15-80-19-23-84-27-29-86-25-21-82-17-13-74-41-57(68-70-74)45-9-4-7-43(31-45)51-37-72(2)39-53-49(51)33-47(63)35-55(53)65/h3-4,6-9,30-35,40-41,50-51,59-60,76-77H,5,10-29,36-39H2,1-2H3,(H,66,78)/t50-,51-,59-,60+/m0/s1. The van der Waals surface area contributed by atoms with E-state index >= 15 is 0 Å². The van der Waals surface area contributed by atoms with E-state index in [4.69, 9.17) is 84.3 Å². The largest absolute Gasteiger partial charge is 0.382 e. The van der Waals surface area contributed by atoms with Crippen LogP contribution in [0, 0.1) is 0 Å². The maximum atomic E-state index is 12.4. The molecule has 466 valence electrons. The number of likely N-dealkylation sites (N-methyl/N-ethyl adjacent to an activating group) is 2. The molecule has 0 saturated carbocycles. The molecule has 2 aliphatic rings. The van der Waals surface area contributed by atoms with Crippen LogP contribution in [0.2, 0.25) is 20.1 Å². The Morgan fingerprint density at radius 3 is 1.40 bits per heavy atom. The molecule has 0 aliphatic carbocycles. The lowest BCUT2D eigenvalue weighted by Gasteiger charge is -2.33. The van der Waals surface area contributed by atoms with E-state index in [1.54, 1.807) is 21.5 Å². The second-order valence-electron chi connectivity index (χ2n) is 21.0. The van der Waals surface area contributed by atoms with Crippen LogP contribution in [0.4, 0.5) is 0 Å². The molecule has 0 spiro atoms. The van der Waals surface area contributed by atoms with E-state index in [0.29, 0.717) is 125 Å². The van der Waals surface area contributed by atoms with Crippen molar-refractivity contribution in [2.75, 3.05) is 139 Å². The smallest absolute Gasteiger partial charge is 0.252 e. The van der Waals surface area contributed by atoms with Gasteiger partial charge in [-0.2, -0.15) is 0 Å². The highest BCUT2D eigenvalue weighted by Gasteiger charge is 2.31.